The van der Waals surface area contributed by atoms with Crippen LogP contribution in [0.15, 0.2) is 42.5 Å². The molecule has 3 rings (SSSR count). The maximum Gasteiger partial charge on any atom is 0.257 e. The van der Waals surface area contributed by atoms with Gasteiger partial charge in [-0.1, -0.05) is 12.1 Å². The Balaban J connectivity index is 2.04. The number of nitrogens with zero attached hydrogens (tertiary/aromatic N) is 1. The second-order valence-electron chi connectivity index (χ2n) is 5.15. The lowest BCUT2D eigenvalue weighted by atomic mass is 10.0. The maximum atomic E-state index is 12.5. The van der Waals surface area contributed by atoms with E-state index in [-0.39, 0.29) is 12.1 Å². The van der Waals surface area contributed by atoms with Gasteiger partial charge in [0.1, 0.15) is 17.7 Å². The number of ether oxygens (including phenoxy) is 2. The van der Waals surface area contributed by atoms with Crippen molar-refractivity contribution in [2.75, 3.05) is 26.6 Å². The summed E-state index contributed by atoms with van der Waals surface area (Å²) in [5, 5.41) is 3.39. The van der Waals surface area contributed by atoms with E-state index in [9.17, 15) is 4.79 Å². The van der Waals surface area contributed by atoms with Gasteiger partial charge in [0.25, 0.3) is 5.91 Å². The molecule has 2 aromatic rings. The van der Waals surface area contributed by atoms with Gasteiger partial charge in [0, 0.05) is 24.4 Å². The first-order valence-corrected chi connectivity index (χ1v) is 6.99. The lowest BCUT2D eigenvalue weighted by molar-refractivity contribution is 0.0735. The highest BCUT2D eigenvalue weighted by Crippen LogP contribution is 2.34. The third-order valence-corrected chi connectivity index (χ3v) is 3.85. The van der Waals surface area contributed by atoms with Crippen molar-refractivity contribution >= 4 is 11.6 Å². The quantitative estimate of drug-likeness (QED) is 0.946. The number of para-hydroxylation sites is 1. The van der Waals surface area contributed by atoms with Gasteiger partial charge in [0.15, 0.2) is 0 Å². The molecule has 114 valence electrons. The van der Waals surface area contributed by atoms with Gasteiger partial charge in [-0.05, 0) is 24.3 Å². The Morgan fingerprint density at radius 1 is 1.05 bits per heavy atom. The van der Waals surface area contributed by atoms with Crippen molar-refractivity contribution in [2.24, 2.45) is 0 Å². The molecule has 0 saturated heterocycles. The normalized spacial score (nSPS) is 16.8. The van der Waals surface area contributed by atoms with Crippen molar-refractivity contribution in [2.45, 2.75) is 6.17 Å². The first-order chi connectivity index (χ1) is 10.6. The van der Waals surface area contributed by atoms with Gasteiger partial charge in [-0.15, -0.1) is 0 Å². The molecule has 1 N–H and O–H groups in total. The number of methoxy groups -OCH3 is 2. The summed E-state index contributed by atoms with van der Waals surface area (Å²) in [6.07, 6.45) is -0.272. The van der Waals surface area contributed by atoms with Gasteiger partial charge in [-0.3, -0.25) is 4.79 Å². The molecule has 0 saturated carbocycles. The number of hydrogen-bond donors (Lipinski definition) is 1. The Morgan fingerprint density at radius 2 is 1.68 bits per heavy atom. The van der Waals surface area contributed by atoms with Gasteiger partial charge in [-0.25, -0.2) is 0 Å². The van der Waals surface area contributed by atoms with Crippen LogP contribution >= 0.6 is 0 Å². The molecule has 22 heavy (non-hydrogen) atoms. The molecular weight excluding hydrogens is 280 g/mol. The largest absolute Gasteiger partial charge is 0.497 e. The average molecular weight is 298 g/mol. The summed E-state index contributed by atoms with van der Waals surface area (Å²) < 4.78 is 10.6. The highest BCUT2D eigenvalue weighted by atomic mass is 16.5. The fourth-order valence-electron chi connectivity index (χ4n) is 2.64. The molecule has 0 aliphatic carbocycles. The van der Waals surface area contributed by atoms with E-state index in [0.717, 1.165) is 11.3 Å². The Bertz CT molecular complexity index is 693. The molecule has 0 fully saturated rings. The van der Waals surface area contributed by atoms with E-state index in [2.05, 4.69) is 5.32 Å². The molecule has 2 aromatic carbocycles. The van der Waals surface area contributed by atoms with Crippen molar-refractivity contribution in [3.05, 3.63) is 53.6 Å². The number of nitrogens with one attached hydrogen (secondary N) is 1. The summed E-state index contributed by atoms with van der Waals surface area (Å²) in [4.78, 5) is 14.2. The van der Waals surface area contributed by atoms with Gasteiger partial charge < -0.3 is 19.7 Å². The molecule has 1 unspecified atom stereocenters. The number of hydrogen-bond acceptors (Lipinski definition) is 4. The molecule has 1 atom stereocenters. The van der Waals surface area contributed by atoms with Gasteiger partial charge in [0.05, 0.1) is 19.8 Å². The lowest BCUT2D eigenvalue weighted by Crippen LogP contribution is -2.40. The summed E-state index contributed by atoms with van der Waals surface area (Å²) in [5.41, 5.74) is 2.41. The van der Waals surface area contributed by atoms with Crippen LogP contribution in [0.2, 0.25) is 0 Å². The van der Waals surface area contributed by atoms with Gasteiger partial charge >= 0.3 is 0 Å². The molecular formula is C17H18N2O3. The van der Waals surface area contributed by atoms with E-state index in [1.807, 2.05) is 42.5 Å². The molecule has 0 spiro atoms. The number of fused-ring (bicyclic) bond motifs is 1. The van der Waals surface area contributed by atoms with E-state index in [1.54, 1.807) is 26.2 Å². The number of amides is 1. The van der Waals surface area contributed by atoms with Crippen molar-refractivity contribution in [3.8, 4) is 11.5 Å². The zero-order valence-electron chi connectivity index (χ0n) is 12.8. The molecule has 5 nitrogen and oxygen atoms in total. The van der Waals surface area contributed by atoms with Crippen LogP contribution < -0.4 is 14.8 Å². The Labute approximate surface area is 129 Å². The Hall–Kier alpha value is -2.69. The van der Waals surface area contributed by atoms with Crippen LogP contribution in [0.3, 0.4) is 0 Å². The third-order valence-electron chi connectivity index (χ3n) is 3.85. The number of benzene rings is 2. The summed E-state index contributed by atoms with van der Waals surface area (Å²) in [7, 11) is 5.00. The van der Waals surface area contributed by atoms with Crippen LogP contribution in [0.4, 0.5) is 5.69 Å². The molecule has 1 aliphatic heterocycles. The minimum absolute atomic E-state index is 0.0128. The summed E-state index contributed by atoms with van der Waals surface area (Å²) in [6.45, 7) is 0. The third kappa shape index (κ3) is 2.35. The maximum absolute atomic E-state index is 12.5. The SMILES string of the molecule is COc1cc(OC)cc(C2Nc3ccccc3C(=O)N2C)c1. The summed E-state index contributed by atoms with van der Waals surface area (Å²) >= 11 is 0. The zero-order valence-corrected chi connectivity index (χ0v) is 12.8. The van der Waals surface area contributed by atoms with Crippen molar-refractivity contribution < 1.29 is 14.3 Å². The predicted octanol–water partition coefficient (Wildman–Crippen LogP) is 2.90. The first-order valence-electron chi connectivity index (χ1n) is 6.99. The fourth-order valence-corrected chi connectivity index (χ4v) is 2.64. The summed E-state index contributed by atoms with van der Waals surface area (Å²) in [5.74, 6) is 1.37. The van der Waals surface area contributed by atoms with Crippen molar-refractivity contribution in [1.29, 1.82) is 0 Å². The minimum atomic E-state index is -0.272. The van der Waals surface area contributed by atoms with Crippen LogP contribution in [-0.4, -0.2) is 32.1 Å². The molecule has 0 aromatic heterocycles. The molecule has 1 aliphatic rings. The topological polar surface area (TPSA) is 50.8 Å². The first kappa shape index (κ1) is 14.3. The number of carbonyl (C=O) groups is 1. The van der Waals surface area contributed by atoms with Crippen LogP contribution in [0.1, 0.15) is 22.1 Å². The van der Waals surface area contributed by atoms with E-state index >= 15 is 0 Å². The Kier molecular flexibility index (Phi) is 3.63. The highest BCUT2D eigenvalue weighted by molar-refractivity contribution is 6.01. The standard InChI is InChI=1S/C17H18N2O3/c1-19-16(11-8-12(21-2)10-13(9-11)22-3)18-15-7-5-4-6-14(15)17(19)20/h4-10,16,18H,1-3H3. The van der Waals surface area contributed by atoms with Crippen LogP contribution in [-0.2, 0) is 0 Å². The second-order valence-corrected chi connectivity index (χ2v) is 5.15. The minimum Gasteiger partial charge on any atom is -0.497 e. The van der Waals surface area contributed by atoms with Crippen molar-refractivity contribution in [1.82, 2.24) is 4.90 Å². The van der Waals surface area contributed by atoms with E-state index in [1.165, 1.54) is 0 Å². The molecule has 5 heteroatoms. The molecule has 1 amide bonds. The molecule has 1 heterocycles. The lowest BCUT2D eigenvalue weighted by Gasteiger charge is -2.35. The van der Waals surface area contributed by atoms with E-state index in [0.29, 0.717) is 17.1 Å². The smallest absolute Gasteiger partial charge is 0.257 e. The Morgan fingerprint density at radius 3 is 2.32 bits per heavy atom. The van der Waals surface area contributed by atoms with Gasteiger partial charge in [0.2, 0.25) is 0 Å². The zero-order chi connectivity index (χ0) is 15.7. The average Bonchev–Trinajstić information content (AvgIpc) is 2.57. The number of carbonyl (C=O) groups excluding carboxylic acids is 1. The van der Waals surface area contributed by atoms with Crippen LogP contribution in [0.5, 0.6) is 11.5 Å². The van der Waals surface area contributed by atoms with E-state index in [4.69, 9.17) is 9.47 Å². The molecule has 0 bridgehead atoms. The predicted molar refractivity (Wildman–Crippen MR) is 84.4 cm³/mol. The molecule has 0 radical (unpaired) electrons. The van der Waals surface area contributed by atoms with Crippen molar-refractivity contribution in [3.63, 3.8) is 0 Å². The monoisotopic (exact) mass is 298 g/mol. The number of anilines is 1. The second kappa shape index (κ2) is 5.60. The number of rotatable bonds is 3. The summed E-state index contributed by atoms with van der Waals surface area (Å²) in [6, 6.07) is 13.1. The van der Waals surface area contributed by atoms with E-state index < -0.39 is 0 Å². The fraction of sp³-hybridized carbons (Fsp3) is 0.235. The van der Waals surface area contributed by atoms with Crippen LogP contribution in [0, 0.1) is 0 Å². The van der Waals surface area contributed by atoms with Gasteiger partial charge in [-0.2, -0.15) is 0 Å². The highest BCUT2D eigenvalue weighted by Gasteiger charge is 2.30. The van der Waals surface area contributed by atoms with Crippen LogP contribution in [0.25, 0.3) is 0 Å².